The molecule has 2 rings (SSSR count). The monoisotopic (exact) mass is 342 g/mol. The molecule has 0 unspecified atom stereocenters. The lowest BCUT2D eigenvalue weighted by Crippen LogP contribution is -2.24. The number of rotatable bonds is 11. The fourth-order valence-corrected chi connectivity index (χ4v) is 2.83. The fraction of sp³-hybridized carbons (Fsp3) is 0.500. The number of hydrogen-bond donors (Lipinski definition) is 3. The van der Waals surface area contributed by atoms with Crippen molar-refractivity contribution < 1.29 is 4.79 Å². The number of carbonyl (C=O) groups excluding carboxylic acids is 1. The van der Waals surface area contributed by atoms with Crippen LogP contribution in [0.2, 0.25) is 0 Å². The number of aromatic nitrogens is 2. The molecule has 5 nitrogen and oxygen atoms in total. The van der Waals surface area contributed by atoms with Crippen LogP contribution in [0.5, 0.6) is 0 Å². The van der Waals surface area contributed by atoms with Crippen molar-refractivity contribution in [1.82, 2.24) is 15.3 Å². The zero-order valence-corrected chi connectivity index (χ0v) is 15.2. The van der Waals surface area contributed by atoms with E-state index in [1.807, 2.05) is 12.1 Å². The number of aromatic amines is 1. The standard InChI is InChI=1S/C20H30N4O/c1-2-3-5-8-16-10-12-17(13-11-16)19(25)22-14-7-4-6-9-18-15-23-20(21)24-18/h10-13,15H,2-9,14H2,1H3,(H,22,25)(H3,21,23,24). The van der Waals surface area contributed by atoms with Crippen LogP contribution in [-0.4, -0.2) is 22.4 Å². The number of unbranched alkanes of at least 4 members (excludes halogenated alkanes) is 4. The summed E-state index contributed by atoms with van der Waals surface area (Å²) in [6, 6.07) is 8.00. The summed E-state index contributed by atoms with van der Waals surface area (Å²) in [7, 11) is 0. The quantitative estimate of drug-likeness (QED) is 0.542. The average molecular weight is 342 g/mol. The zero-order valence-electron chi connectivity index (χ0n) is 15.2. The molecule has 2 aromatic rings. The molecular formula is C20H30N4O. The molecule has 0 saturated carbocycles. The predicted molar refractivity (Wildman–Crippen MR) is 103 cm³/mol. The largest absolute Gasteiger partial charge is 0.369 e. The van der Waals surface area contributed by atoms with E-state index in [1.165, 1.54) is 24.8 Å². The number of amides is 1. The van der Waals surface area contributed by atoms with Gasteiger partial charge in [0.25, 0.3) is 5.91 Å². The highest BCUT2D eigenvalue weighted by Gasteiger charge is 2.05. The molecule has 136 valence electrons. The van der Waals surface area contributed by atoms with Crippen molar-refractivity contribution in [3.05, 3.63) is 47.3 Å². The molecule has 25 heavy (non-hydrogen) atoms. The van der Waals surface area contributed by atoms with Crippen molar-refractivity contribution in [2.24, 2.45) is 0 Å². The Balaban J connectivity index is 1.59. The first kappa shape index (κ1) is 19.0. The Morgan fingerprint density at radius 2 is 1.84 bits per heavy atom. The normalized spacial score (nSPS) is 10.8. The molecule has 4 N–H and O–H groups in total. The summed E-state index contributed by atoms with van der Waals surface area (Å²) in [5, 5.41) is 2.99. The summed E-state index contributed by atoms with van der Waals surface area (Å²) < 4.78 is 0. The number of nitrogens with one attached hydrogen (secondary N) is 2. The summed E-state index contributed by atoms with van der Waals surface area (Å²) in [5.41, 5.74) is 8.67. The van der Waals surface area contributed by atoms with Crippen LogP contribution in [0, 0.1) is 0 Å². The van der Waals surface area contributed by atoms with E-state index < -0.39 is 0 Å². The maximum atomic E-state index is 12.1. The molecular weight excluding hydrogens is 312 g/mol. The van der Waals surface area contributed by atoms with Crippen molar-refractivity contribution in [3.63, 3.8) is 0 Å². The Hall–Kier alpha value is -2.30. The number of imidazole rings is 1. The topological polar surface area (TPSA) is 83.8 Å². The van der Waals surface area contributed by atoms with Crippen LogP contribution in [-0.2, 0) is 12.8 Å². The molecule has 1 amide bonds. The van der Waals surface area contributed by atoms with Crippen molar-refractivity contribution in [2.75, 3.05) is 12.3 Å². The molecule has 5 heteroatoms. The van der Waals surface area contributed by atoms with Crippen molar-refractivity contribution in [2.45, 2.75) is 58.3 Å². The number of H-pyrrole nitrogens is 1. The van der Waals surface area contributed by atoms with Crippen LogP contribution >= 0.6 is 0 Å². The molecule has 0 aliphatic carbocycles. The minimum Gasteiger partial charge on any atom is -0.369 e. The summed E-state index contributed by atoms with van der Waals surface area (Å²) in [5.74, 6) is 0.486. The van der Waals surface area contributed by atoms with Gasteiger partial charge in [-0.1, -0.05) is 38.3 Å². The summed E-state index contributed by atoms with van der Waals surface area (Å²) in [4.78, 5) is 19.1. The molecule has 0 fully saturated rings. The highest BCUT2D eigenvalue weighted by Crippen LogP contribution is 2.09. The first-order valence-corrected chi connectivity index (χ1v) is 9.35. The van der Waals surface area contributed by atoms with Gasteiger partial charge in [0, 0.05) is 17.8 Å². The van der Waals surface area contributed by atoms with Crippen LogP contribution in [0.25, 0.3) is 0 Å². The van der Waals surface area contributed by atoms with E-state index in [0.29, 0.717) is 12.5 Å². The summed E-state index contributed by atoms with van der Waals surface area (Å²) >= 11 is 0. The maximum absolute atomic E-state index is 12.1. The smallest absolute Gasteiger partial charge is 0.251 e. The molecule has 1 aromatic carbocycles. The molecule has 1 aromatic heterocycles. The number of anilines is 1. The second-order valence-electron chi connectivity index (χ2n) is 6.51. The van der Waals surface area contributed by atoms with Gasteiger partial charge < -0.3 is 16.0 Å². The number of hydrogen-bond acceptors (Lipinski definition) is 3. The Bertz CT molecular complexity index is 633. The molecule has 0 saturated heterocycles. The second kappa shape index (κ2) is 10.5. The van der Waals surface area contributed by atoms with Crippen LogP contribution in [0.1, 0.15) is 67.1 Å². The second-order valence-corrected chi connectivity index (χ2v) is 6.51. The molecule has 0 spiro atoms. The van der Waals surface area contributed by atoms with Gasteiger partial charge in [-0.05, 0) is 49.8 Å². The highest BCUT2D eigenvalue weighted by molar-refractivity contribution is 5.94. The first-order chi connectivity index (χ1) is 12.2. The van der Waals surface area contributed by atoms with Gasteiger partial charge >= 0.3 is 0 Å². The van der Waals surface area contributed by atoms with Gasteiger partial charge in [0.2, 0.25) is 0 Å². The lowest BCUT2D eigenvalue weighted by Gasteiger charge is -2.06. The molecule has 0 radical (unpaired) electrons. The van der Waals surface area contributed by atoms with Crippen molar-refractivity contribution >= 4 is 11.9 Å². The Morgan fingerprint density at radius 1 is 1.08 bits per heavy atom. The van der Waals surface area contributed by atoms with Gasteiger partial charge in [0.1, 0.15) is 0 Å². The zero-order chi connectivity index (χ0) is 17.9. The summed E-state index contributed by atoms with van der Waals surface area (Å²) in [6.07, 6.45) is 10.6. The Kier molecular flexibility index (Phi) is 8.02. The molecule has 1 heterocycles. The van der Waals surface area contributed by atoms with E-state index >= 15 is 0 Å². The van der Waals surface area contributed by atoms with Gasteiger partial charge in [-0.15, -0.1) is 0 Å². The van der Waals surface area contributed by atoms with Crippen LogP contribution in [0.3, 0.4) is 0 Å². The third-order valence-electron chi connectivity index (χ3n) is 4.34. The number of nitrogens with zero attached hydrogens (tertiary/aromatic N) is 1. The van der Waals surface area contributed by atoms with E-state index in [1.54, 1.807) is 6.20 Å². The van der Waals surface area contributed by atoms with Gasteiger partial charge in [-0.2, -0.15) is 0 Å². The number of aryl methyl sites for hydroxylation is 2. The third kappa shape index (κ3) is 6.99. The maximum Gasteiger partial charge on any atom is 0.251 e. The Morgan fingerprint density at radius 3 is 2.52 bits per heavy atom. The van der Waals surface area contributed by atoms with Gasteiger partial charge in [0.05, 0.1) is 6.20 Å². The highest BCUT2D eigenvalue weighted by atomic mass is 16.1. The molecule has 0 aliphatic heterocycles. The predicted octanol–water partition coefficient (Wildman–Crippen LogP) is 3.87. The van der Waals surface area contributed by atoms with Gasteiger partial charge in [-0.3, -0.25) is 4.79 Å². The van der Waals surface area contributed by atoms with Gasteiger partial charge in [0.15, 0.2) is 5.95 Å². The SMILES string of the molecule is CCCCCc1ccc(C(=O)NCCCCCc2cnc(N)[nH]2)cc1. The van der Waals surface area contributed by atoms with E-state index in [4.69, 9.17) is 5.73 Å². The van der Waals surface area contributed by atoms with E-state index in [9.17, 15) is 4.79 Å². The molecule has 0 bridgehead atoms. The first-order valence-electron chi connectivity index (χ1n) is 9.35. The van der Waals surface area contributed by atoms with Crippen LogP contribution in [0.15, 0.2) is 30.5 Å². The lowest BCUT2D eigenvalue weighted by atomic mass is 10.1. The minimum absolute atomic E-state index is 0.0152. The van der Waals surface area contributed by atoms with E-state index in [0.717, 1.165) is 43.4 Å². The number of nitrogens with two attached hydrogens (primary N) is 1. The van der Waals surface area contributed by atoms with Crippen LogP contribution < -0.4 is 11.1 Å². The third-order valence-corrected chi connectivity index (χ3v) is 4.34. The van der Waals surface area contributed by atoms with E-state index in [-0.39, 0.29) is 5.91 Å². The van der Waals surface area contributed by atoms with E-state index in [2.05, 4.69) is 34.3 Å². The summed E-state index contributed by atoms with van der Waals surface area (Å²) in [6.45, 7) is 2.92. The lowest BCUT2D eigenvalue weighted by molar-refractivity contribution is 0.0953. The Labute approximate surface area is 150 Å². The van der Waals surface area contributed by atoms with Gasteiger partial charge in [-0.25, -0.2) is 4.98 Å². The van der Waals surface area contributed by atoms with Crippen molar-refractivity contribution in [1.29, 1.82) is 0 Å². The fourth-order valence-electron chi connectivity index (χ4n) is 2.83. The number of nitrogen functional groups attached to an aromatic ring is 1. The minimum atomic E-state index is 0.0152. The average Bonchev–Trinajstić information content (AvgIpc) is 3.04. The number of benzene rings is 1. The molecule has 0 atom stereocenters. The molecule has 0 aliphatic rings. The number of carbonyl (C=O) groups is 1. The van der Waals surface area contributed by atoms with Crippen molar-refractivity contribution in [3.8, 4) is 0 Å². The van der Waals surface area contributed by atoms with Crippen LogP contribution in [0.4, 0.5) is 5.95 Å².